The van der Waals surface area contributed by atoms with Gasteiger partial charge in [0.1, 0.15) is 11.6 Å². The third-order valence-corrected chi connectivity index (χ3v) is 3.12. The van der Waals surface area contributed by atoms with Crippen LogP contribution in [-0.4, -0.2) is 15.8 Å². The maximum absolute atomic E-state index is 12.2. The van der Waals surface area contributed by atoms with Gasteiger partial charge in [-0.25, -0.2) is 4.68 Å². The van der Waals surface area contributed by atoms with E-state index in [1.807, 2.05) is 6.07 Å². The summed E-state index contributed by atoms with van der Waals surface area (Å²) in [6, 6.07) is 9.58. The molecule has 0 N–H and O–H groups in total. The van der Waals surface area contributed by atoms with E-state index in [4.69, 9.17) is 5.26 Å². The lowest BCUT2D eigenvalue weighted by atomic mass is 10.1. The summed E-state index contributed by atoms with van der Waals surface area (Å²) < 4.78 is 1.06. The molecule has 0 spiro atoms. The average Bonchev–Trinajstić information content (AvgIpc) is 2.47. The molecule has 7 heteroatoms. The molecule has 1 aromatic carbocycles. The summed E-state index contributed by atoms with van der Waals surface area (Å²) in [5.74, 6) is 0. The highest BCUT2D eigenvalue weighted by molar-refractivity contribution is 5.85. The molecule has 0 aliphatic heterocycles. The van der Waals surface area contributed by atoms with Gasteiger partial charge in [-0.1, -0.05) is 12.1 Å². The molecule has 0 saturated carbocycles. The quantitative estimate of drug-likeness (QED) is 0.491. The van der Waals surface area contributed by atoms with Crippen molar-refractivity contribution in [1.29, 1.82) is 5.26 Å². The molecule has 0 fully saturated rings. The largest absolute Gasteiger partial charge is 0.289 e. The van der Waals surface area contributed by atoms with Crippen LogP contribution in [0.2, 0.25) is 0 Å². The van der Waals surface area contributed by atoms with Crippen molar-refractivity contribution in [1.82, 2.24) is 4.68 Å². The Kier molecular flexibility index (Phi) is 4.13. The van der Waals surface area contributed by atoms with E-state index in [9.17, 15) is 14.9 Å². The highest BCUT2D eigenvalue weighted by Crippen LogP contribution is 2.15. The Morgan fingerprint density at radius 3 is 2.68 bits per heavy atom. The number of aryl methyl sites for hydroxylation is 2. The van der Waals surface area contributed by atoms with E-state index in [-0.39, 0.29) is 16.8 Å². The summed E-state index contributed by atoms with van der Waals surface area (Å²) in [6.07, 6.45) is 1.24. The molecule has 0 radical (unpaired) electrons. The van der Waals surface area contributed by atoms with Crippen LogP contribution < -0.4 is 5.56 Å². The Morgan fingerprint density at radius 1 is 1.36 bits per heavy atom. The van der Waals surface area contributed by atoms with E-state index in [1.54, 1.807) is 32.0 Å². The molecule has 0 bridgehead atoms. The molecule has 0 unspecified atom stereocenters. The number of nitro benzene ring substituents is 1. The fourth-order valence-corrected chi connectivity index (χ4v) is 2.04. The number of hydrogen-bond donors (Lipinski definition) is 0. The summed E-state index contributed by atoms with van der Waals surface area (Å²) in [7, 11) is 0. The summed E-state index contributed by atoms with van der Waals surface area (Å²) in [4.78, 5) is 22.6. The summed E-state index contributed by atoms with van der Waals surface area (Å²) in [5, 5.41) is 23.9. The molecule has 1 heterocycles. The minimum atomic E-state index is -0.546. The lowest BCUT2D eigenvalue weighted by molar-refractivity contribution is -0.385. The Bertz CT molecular complexity index is 875. The summed E-state index contributed by atoms with van der Waals surface area (Å²) in [6.45, 7) is 3.34. The predicted octanol–water partition coefficient (Wildman–Crippen LogP) is 2.13. The Hall–Kier alpha value is -3.27. The van der Waals surface area contributed by atoms with Crippen LogP contribution in [0.25, 0.3) is 0 Å². The van der Waals surface area contributed by atoms with Crippen LogP contribution in [0.15, 0.2) is 40.2 Å². The van der Waals surface area contributed by atoms with Crippen molar-refractivity contribution < 1.29 is 4.92 Å². The van der Waals surface area contributed by atoms with Crippen LogP contribution in [0.1, 0.15) is 22.4 Å². The van der Waals surface area contributed by atoms with E-state index in [0.717, 1.165) is 4.68 Å². The number of nitro groups is 1. The highest BCUT2D eigenvalue weighted by atomic mass is 16.6. The first-order valence-electron chi connectivity index (χ1n) is 6.37. The van der Waals surface area contributed by atoms with Gasteiger partial charge in [-0.15, -0.1) is 0 Å². The van der Waals surface area contributed by atoms with Gasteiger partial charge in [0.15, 0.2) is 0 Å². The standard InChI is InChI=1S/C15H12N4O3/c1-10-7-11(2)18(15(20)13(10)8-16)17-9-12-5-3-4-6-14(12)19(21)22/h3-7,9H,1-2H3. The number of para-hydroxylation sites is 1. The van der Waals surface area contributed by atoms with Gasteiger partial charge in [0.2, 0.25) is 0 Å². The first-order valence-corrected chi connectivity index (χ1v) is 6.37. The van der Waals surface area contributed by atoms with Crippen LogP contribution in [0.4, 0.5) is 5.69 Å². The molecule has 2 aromatic rings. The molecule has 0 saturated heterocycles. The van der Waals surface area contributed by atoms with Crippen LogP contribution in [0.5, 0.6) is 0 Å². The van der Waals surface area contributed by atoms with E-state index in [2.05, 4.69) is 5.10 Å². The molecule has 0 atom stereocenters. The van der Waals surface area contributed by atoms with Crippen molar-refractivity contribution >= 4 is 11.9 Å². The second-order valence-corrected chi connectivity index (χ2v) is 4.63. The van der Waals surface area contributed by atoms with Gasteiger partial charge < -0.3 is 0 Å². The van der Waals surface area contributed by atoms with Crippen molar-refractivity contribution in [3.8, 4) is 6.07 Å². The van der Waals surface area contributed by atoms with Crippen molar-refractivity contribution in [2.24, 2.45) is 5.10 Å². The first-order chi connectivity index (χ1) is 10.5. The van der Waals surface area contributed by atoms with Crippen LogP contribution in [0, 0.1) is 35.3 Å². The van der Waals surface area contributed by atoms with E-state index in [1.165, 1.54) is 18.3 Å². The highest BCUT2D eigenvalue weighted by Gasteiger charge is 2.12. The lowest BCUT2D eigenvalue weighted by Gasteiger charge is -2.06. The molecule has 7 nitrogen and oxygen atoms in total. The zero-order valence-electron chi connectivity index (χ0n) is 12.0. The van der Waals surface area contributed by atoms with Crippen LogP contribution in [-0.2, 0) is 0 Å². The number of benzene rings is 1. The van der Waals surface area contributed by atoms with Gasteiger partial charge >= 0.3 is 0 Å². The fraction of sp³-hybridized carbons (Fsp3) is 0.133. The molecule has 110 valence electrons. The van der Waals surface area contributed by atoms with Crippen LogP contribution in [0.3, 0.4) is 0 Å². The summed E-state index contributed by atoms with van der Waals surface area (Å²) >= 11 is 0. The molecule has 22 heavy (non-hydrogen) atoms. The van der Waals surface area contributed by atoms with Crippen molar-refractivity contribution in [3.05, 3.63) is 73.2 Å². The SMILES string of the molecule is Cc1cc(C)n(N=Cc2ccccc2[N+](=O)[O-])c(=O)c1C#N. The van der Waals surface area contributed by atoms with E-state index in [0.29, 0.717) is 11.3 Å². The van der Waals surface area contributed by atoms with Gasteiger partial charge in [-0.05, 0) is 31.5 Å². The predicted molar refractivity (Wildman–Crippen MR) is 81.0 cm³/mol. The van der Waals surface area contributed by atoms with Gasteiger partial charge in [-0.3, -0.25) is 14.9 Å². The van der Waals surface area contributed by atoms with Crippen molar-refractivity contribution in [3.63, 3.8) is 0 Å². The second kappa shape index (κ2) is 6.01. The molecule has 2 rings (SSSR count). The lowest BCUT2D eigenvalue weighted by Crippen LogP contribution is -2.22. The molecule has 1 aromatic heterocycles. The van der Waals surface area contributed by atoms with Gasteiger partial charge in [-0.2, -0.15) is 10.4 Å². The number of rotatable bonds is 3. The van der Waals surface area contributed by atoms with Gasteiger partial charge in [0.25, 0.3) is 11.2 Å². The molecule has 0 aliphatic carbocycles. The summed E-state index contributed by atoms with van der Waals surface area (Å²) in [5.41, 5.74) is 0.737. The third kappa shape index (κ3) is 2.76. The van der Waals surface area contributed by atoms with Crippen LogP contribution >= 0.6 is 0 Å². The van der Waals surface area contributed by atoms with Crippen molar-refractivity contribution in [2.75, 3.05) is 0 Å². The molecular weight excluding hydrogens is 284 g/mol. The topological polar surface area (TPSA) is 101 Å². The minimum absolute atomic E-state index is 0.00492. The van der Waals surface area contributed by atoms with Crippen molar-refractivity contribution in [2.45, 2.75) is 13.8 Å². The molecule has 0 aliphatic rings. The number of nitrogens with zero attached hydrogens (tertiary/aromatic N) is 4. The number of aromatic nitrogens is 1. The fourth-order valence-electron chi connectivity index (χ4n) is 2.04. The third-order valence-electron chi connectivity index (χ3n) is 3.12. The minimum Gasteiger partial charge on any atom is -0.266 e. The normalized spacial score (nSPS) is 10.6. The molecule has 0 amide bonds. The maximum atomic E-state index is 12.2. The van der Waals surface area contributed by atoms with E-state index < -0.39 is 10.5 Å². The Balaban J connectivity index is 2.56. The smallest absolute Gasteiger partial charge is 0.266 e. The monoisotopic (exact) mass is 296 g/mol. The Labute approximate surface area is 125 Å². The zero-order valence-corrected chi connectivity index (χ0v) is 12.0. The van der Waals surface area contributed by atoms with Gasteiger partial charge in [0.05, 0.1) is 16.7 Å². The zero-order chi connectivity index (χ0) is 16.3. The van der Waals surface area contributed by atoms with Gasteiger partial charge in [0, 0.05) is 11.8 Å². The van der Waals surface area contributed by atoms with E-state index >= 15 is 0 Å². The average molecular weight is 296 g/mol. The first kappa shape index (κ1) is 15.1. The molecular formula is C15H12N4O3. The Morgan fingerprint density at radius 2 is 2.05 bits per heavy atom. The maximum Gasteiger partial charge on any atom is 0.289 e. The number of hydrogen-bond acceptors (Lipinski definition) is 5. The number of pyridine rings is 1. The number of nitriles is 1. The second-order valence-electron chi connectivity index (χ2n) is 4.63.